The molecule has 1 heterocycles. The maximum Gasteiger partial charge on any atom is 0.306 e. The zero-order chi connectivity index (χ0) is 8.97. The highest BCUT2D eigenvalue weighted by Crippen LogP contribution is 2.12. The lowest BCUT2D eigenvalue weighted by Crippen LogP contribution is -2.06. The molecule has 0 bridgehead atoms. The highest BCUT2D eigenvalue weighted by Gasteiger charge is 2.11. The van der Waals surface area contributed by atoms with Crippen molar-refractivity contribution in [3.05, 3.63) is 30.1 Å². The van der Waals surface area contributed by atoms with Crippen LogP contribution in [-0.2, 0) is 4.79 Å². The Morgan fingerprint density at radius 1 is 1.58 bits per heavy atom. The van der Waals surface area contributed by atoms with Crippen LogP contribution < -0.4 is 0 Å². The lowest BCUT2D eigenvalue weighted by molar-refractivity contribution is -0.139. The van der Waals surface area contributed by atoms with E-state index in [1.807, 2.05) is 0 Å². The van der Waals surface area contributed by atoms with Gasteiger partial charge in [-0.2, -0.15) is 0 Å². The van der Waals surface area contributed by atoms with Gasteiger partial charge in [-0.15, -0.1) is 0 Å². The Kier molecular flexibility index (Phi) is 2.76. The van der Waals surface area contributed by atoms with Crippen LogP contribution in [0.4, 0.5) is 0 Å². The molecule has 2 N–H and O–H groups in total. The van der Waals surface area contributed by atoms with Gasteiger partial charge in [-0.05, 0) is 12.1 Å². The van der Waals surface area contributed by atoms with E-state index in [1.165, 1.54) is 6.20 Å². The number of hydrogen-bond donors (Lipinski definition) is 2. The zero-order valence-electron chi connectivity index (χ0n) is 6.34. The van der Waals surface area contributed by atoms with Crippen LogP contribution in [-0.4, -0.2) is 21.2 Å². The van der Waals surface area contributed by atoms with E-state index in [-0.39, 0.29) is 6.42 Å². The van der Waals surface area contributed by atoms with E-state index in [0.29, 0.717) is 5.69 Å². The lowest BCUT2D eigenvalue weighted by atomic mass is 10.2. The molecule has 4 nitrogen and oxygen atoms in total. The summed E-state index contributed by atoms with van der Waals surface area (Å²) in [6.45, 7) is 0. The van der Waals surface area contributed by atoms with E-state index in [9.17, 15) is 9.90 Å². The van der Waals surface area contributed by atoms with Crippen LogP contribution in [0.3, 0.4) is 0 Å². The second-order valence-electron chi connectivity index (χ2n) is 2.37. The van der Waals surface area contributed by atoms with E-state index in [1.54, 1.807) is 18.2 Å². The first kappa shape index (κ1) is 8.67. The normalized spacial score (nSPS) is 12.4. The topological polar surface area (TPSA) is 70.4 Å². The number of aliphatic hydroxyl groups excluding tert-OH is 1. The molecule has 1 atom stereocenters. The molecule has 0 aliphatic heterocycles. The molecule has 0 aromatic carbocycles. The molecular weight excluding hydrogens is 158 g/mol. The fraction of sp³-hybridized carbons (Fsp3) is 0.250. The summed E-state index contributed by atoms with van der Waals surface area (Å²) in [6, 6.07) is 5.00. The minimum Gasteiger partial charge on any atom is -0.481 e. The molecule has 0 aliphatic rings. The fourth-order valence-corrected chi connectivity index (χ4v) is 0.843. The summed E-state index contributed by atoms with van der Waals surface area (Å²) in [4.78, 5) is 14.0. The predicted molar refractivity (Wildman–Crippen MR) is 41.4 cm³/mol. The van der Waals surface area contributed by atoms with Gasteiger partial charge in [-0.3, -0.25) is 9.78 Å². The van der Waals surface area contributed by atoms with Crippen LogP contribution in [0.1, 0.15) is 18.2 Å². The Bertz CT molecular complexity index is 260. The van der Waals surface area contributed by atoms with Gasteiger partial charge in [0.05, 0.1) is 12.1 Å². The SMILES string of the molecule is O=C(O)C[C@@H](O)c1ccccn1. The minimum atomic E-state index is -1.03. The number of aliphatic carboxylic acids is 1. The van der Waals surface area contributed by atoms with Gasteiger partial charge in [0.15, 0.2) is 0 Å². The number of carboxylic acids is 1. The summed E-state index contributed by atoms with van der Waals surface area (Å²) in [5.41, 5.74) is 0.389. The summed E-state index contributed by atoms with van der Waals surface area (Å²) in [6.07, 6.45) is 0.195. The average molecular weight is 167 g/mol. The first-order chi connectivity index (χ1) is 5.70. The van der Waals surface area contributed by atoms with Crippen LogP contribution in [0.2, 0.25) is 0 Å². The monoisotopic (exact) mass is 167 g/mol. The van der Waals surface area contributed by atoms with E-state index in [4.69, 9.17) is 5.11 Å². The summed E-state index contributed by atoms with van der Waals surface area (Å²) in [5, 5.41) is 17.6. The number of pyridine rings is 1. The Morgan fingerprint density at radius 3 is 2.83 bits per heavy atom. The third-order valence-electron chi connectivity index (χ3n) is 1.40. The number of aromatic nitrogens is 1. The fourth-order valence-electron chi connectivity index (χ4n) is 0.843. The number of aliphatic hydroxyl groups is 1. The molecule has 1 aromatic heterocycles. The molecule has 0 saturated carbocycles. The Balaban J connectivity index is 2.65. The molecule has 0 fully saturated rings. The molecule has 0 saturated heterocycles. The second kappa shape index (κ2) is 3.82. The molecule has 64 valence electrons. The molecule has 0 spiro atoms. The van der Waals surface area contributed by atoms with Crippen molar-refractivity contribution in [1.82, 2.24) is 4.98 Å². The lowest BCUT2D eigenvalue weighted by Gasteiger charge is -2.05. The minimum absolute atomic E-state index is 0.309. The van der Waals surface area contributed by atoms with E-state index in [0.717, 1.165) is 0 Å². The molecule has 0 amide bonds. The van der Waals surface area contributed by atoms with Crippen LogP contribution in [0.5, 0.6) is 0 Å². The van der Waals surface area contributed by atoms with E-state index in [2.05, 4.69) is 4.98 Å². The van der Waals surface area contributed by atoms with E-state index < -0.39 is 12.1 Å². The van der Waals surface area contributed by atoms with Gasteiger partial charge in [0.1, 0.15) is 6.10 Å². The van der Waals surface area contributed by atoms with Crippen molar-refractivity contribution in [2.75, 3.05) is 0 Å². The number of rotatable bonds is 3. The predicted octanol–water partition coefficient (Wildman–Crippen LogP) is 0.590. The van der Waals surface area contributed by atoms with Crippen LogP contribution in [0.15, 0.2) is 24.4 Å². The van der Waals surface area contributed by atoms with Gasteiger partial charge in [0, 0.05) is 6.20 Å². The molecule has 4 heteroatoms. The maximum atomic E-state index is 10.2. The molecule has 1 rings (SSSR count). The molecule has 12 heavy (non-hydrogen) atoms. The summed E-state index contributed by atoms with van der Waals surface area (Å²) < 4.78 is 0. The van der Waals surface area contributed by atoms with Gasteiger partial charge in [0.25, 0.3) is 0 Å². The van der Waals surface area contributed by atoms with E-state index >= 15 is 0 Å². The van der Waals surface area contributed by atoms with Crippen molar-refractivity contribution < 1.29 is 15.0 Å². The number of carbonyl (C=O) groups is 1. The highest BCUT2D eigenvalue weighted by atomic mass is 16.4. The number of hydrogen-bond acceptors (Lipinski definition) is 3. The summed E-state index contributed by atoms with van der Waals surface area (Å²) in [5.74, 6) is -1.03. The zero-order valence-corrected chi connectivity index (χ0v) is 6.34. The third-order valence-corrected chi connectivity index (χ3v) is 1.40. The Hall–Kier alpha value is -1.42. The number of nitrogens with zero attached hydrogens (tertiary/aromatic N) is 1. The van der Waals surface area contributed by atoms with Gasteiger partial charge in [-0.25, -0.2) is 0 Å². The molecule has 0 radical (unpaired) electrons. The summed E-state index contributed by atoms with van der Waals surface area (Å²) in [7, 11) is 0. The van der Waals surface area contributed by atoms with Gasteiger partial charge in [-0.1, -0.05) is 6.07 Å². The van der Waals surface area contributed by atoms with Gasteiger partial charge >= 0.3 is 5.97 Å². The molecule has 1 aromatic rings. The molecule has 0 aliphatic carbocycles. The Labute approximate surface area is 69.5 Å². The smallest absolute Gasteiger partial charge is 0.306 e. The Morgan fingerprint density at radius 2 is 2.33 bits per heavy atom. The average Bonchev–Trinajstić information content (AvgIpc) is 2.05. The molecule has 0 unspecified atom stereocenters. The summed E-state index contributed by atoms with van der Waals surface area (Å²) >= 11 is 0. The number of carboxylic acid groups (broad SMARTS) is 1. The largest absolute Gasteiger partial charge is 0.481 e. The van der Waals surface area contributed by atoms with Crippen molar-refractivity contribution in [3.8, 4) is 0 Å². The second-order valence-corrected chi connectivity index (χ2v) is 2.37. The van der Waals surface area contributed by atoms with Crippen molar-refractivity contribution >= 4 is 5.97 Å². The highest BCUT2D eigenvalue weighted by molar-refractivity contribution is 5.67. The van der Waals surface area contributed by atoms with Crippen LogP contribution in [0.25, 0.3) is 0 Å². The standard InChI is InChI=1S/C8H9NO3/c10-7(5-8(11)12)6-3-1-2-4-9-6/h1-4,7,10H,5H2,(H,11,12)/t7-/m1/s1. The first-order valence-electron chi connectivity index (χ1n) is 3.51. The van der Waals surface area contributed by atoms with Crippen LogP contribution >= 0.6 is 0 Å². The van der Waals surface area contributed by atoms with Crippen LogP contribution in [0, 0.1) is 0 Å². The van der Waals surface area contributed by atoms with Crippen molar-refractivity contribution in [2.24, 2.45) is 0 Å². The first-order valence-corrected chi connectivity index (χ1v) is 3.51. The van der Waals surface area contributed by atoms with Crippen molar-refractivity contribution in [3.63, 3.8) is 0 Å². The third kappa shape index (κ3) is 2.32. The van der Waals surface area contributed by atoms with Crippen molar-refractivity contribution in [1.29, 1.82) is 0 Å². The molecular formula is C8H9NO3. The van der Waals surface area contributed by atoms with Gasteiger partial charge in [0.2, 0.25) is 0 Å². The maximum absolute atomic E-state index is 10.2. The van der Waals surface area contributed by atoms with Gasteiger partial charge < -0.3 is 10.2 Å². The van der Waals surface area contributed by atoms with Crippen molar-refractivity contribution in [2.45, 2.75) is 12.5 Å². The quantitative estimate of drug-likeness (QED) is 0.691.